The number of aromatic nitrogens is 1. The average molecular weight is 339 g/mol. The Morgan fingerprint density at radius 3 is 2.38 bits per heavy atom. The van der Waals surface area contributed by atoms with Crippen molar-refractivity contribution in [1.29, 1.82) is 0 Å². The molecule has 0 bridgehead atoms. The third-order valence-electron chi connectivity index (χ3n) is 4.19. The summed E-state index contributed by atoms with van der Waals surface area (Å²) in [7, 11) is 0. The van der Waals surface area contributed by atoms with Crippen LogP contribution in [-0.4, -0.2) is 10.1 Å². The highest BCUT2D eigenvalue weighted by atomic mass is 35.5. The molecule has 0 saturated carbocycles. The first-order valence-corrected chi connectivity index (χ1v) is 8.22. The normalized spacial score (nSPS) is 10.8. The minimum Gasteiger partial charge on any atom is -0.508 e. The zero-order valence-corrected chi connectivity index (χ0v) is 14.4. The summed E-state index contributed by atoms with van der Waals surface area (Å²) in [6, 6.07) is 13.0. The molecule has 0 aliphatic heterocycles. The predicted molar refractivity (Wildman–Crippen MR) is 100 cm³/mol. The first-order chi connectivity index (χ1) is 11.5. The van der Waals surface area contributed by atoms with Gasteiger partial charge in [-0.05, 0) is 59.9 Å². The van der Waals surface area contributed by atoms with E-state index >= 15 is 0 Å². The van der Waals surface area contributed by atoms with Gasteiger partial charge < -0.3 is 10.8 Å². The van der Waals surface area contributed by atoms with Gasteiger partial charge in [-0.25, -0.2) is 4.98 Å². The summed E-state index contributed by atoms with van der Waals surface area (Å²) in [4.78, 5) is 4.40. The van der Waals surface area contributed by atoms with E-state index in [9.17, 15) is 5.11 Å². The fourth-order valence-corrected chi connectivity index (χ4v) is 3.06. The highest BCUT2D eigenvalue weighted by Crippen LogP contribution is 2.37. The Morgan fingerprint density at radius 2 is 1.75 bits per heavy atom. The summed E-state index contributed by atoms with van der Waals surface area (Å²) in [5.41, 5.74) is 12.3. The Hall–Kier alpha value is -2.52. The molecular weight excluding hydrogens is 320 g/mol. The van der Waals surface area contributed by atoms with E-state index < -0.39 is 0 Å². The number of aromatic hydroxyl groups is 1. The van der Waals surface area contributed by atoms with Crippen molar-refractivity contribution >= 4 is 17.4 Å². The number of hydrogen-bond donors (Lipinski definition) is 2. The molecule has 0 unspecified atom stereocenters. The lowest BCUT2D eigenvalue weighted by molar-refractivity contribution is 0.475. The molecule has 1 aromatic heterocycles. The quantitative estimate of drug-likeness (QED) is 0.687. The molecule has 0 amide bonds. The van der Waals surface area contributed by atoms with E-state index in [-0.39, 0.29) is 5.75 Å². The van der Waals surface area contributed by atoms with Crippen LogP contribution in [0, 0.1) is 6.92 Å². The van der Waals surface area contributed by atoms with E-state index in [0.717, 1.165) is 44.8 Å². The Bertz CT molecular complexity index is 889. The largest absolute Gasteiger partial charge is 0.508 e. The van der Waals surface area contributed by atoms with Gasteiger partial charge >= 0.3 is 0 Å². The number of phenols is 1. The second-order valence-corrected chi connectivity index (χ2v) is 6.18. The molecule has 0 fully saturated rings. The van der Waals surface area contributed by atoms with E-state index in [0.29, 0.717) is 5.82 Å². The van der Waals surface area contributed by atoms with E-state index in [2.05, 4.69) is 18.0 Å². The second-order valence-electron chi connectivity index (χ2n) is 5.78. The molecule has 4 heteroatoms. The lowest BCUT2D eigenvalue weighted by Gasteiger charge is -2.16. The van der Waals surface area contributed by atoms with Gasteiger partial charge in [-0.15, -0.1) is 0 Å². The molecule has 0 aliphatic rings. The zero-order chi connectivity index (χ0) is 17.3. The van der Waals surface area contributed by atoms with Crippen molar-refractivity contribution in [2.75, 3.05) is 5.73 Å². The highest BCUT2D eigenvalue weighted by molar-refractivity contribution is 6.31. The molecular formula is C20H19ClN2O. The van der Waals surface area contributed by atoms with Crippen LogP contribution < -0.4 is 5.73 Å². The van der Waals surface area contributed by atoms with E-state index in [1.54, 1.807) is 12.1 Å². The van der Waals surface area contributed by atoms with Crippen molar-refractivity contribution in [3.05, 3.63) is 64.8 Å². The maximum atomic E-state index is 9.53. The van der Waals surface area contributed by atoms with Gasteiger partial charge in [0.05, 0.1) is 0 Å². The van der Waals surface area contributed by atoms with Gasteiger partial charge in [0, 0.05) is 22.3 Å². The lowest BCUT2D eigenvalue weighted by Crippen LogP contribution is -2.01. The first kappa shape index (κ1) is 16.3. The summed E-state index contributed by atoms with van der Waals surface area (Å²) in [6.07, 6.45) is 2.64. The topological polar surface area (TPSA) is 59.1 Å². The fraction of sp³-hybridized carbons (Fsp3) is 0.150. The van der Waals surface area contributed by atoms with E-state index in [1.165, 1.54) is 0 Å². The van der Waals surface area contributed by atoms with Gasteiger partial charge in [-0.1, -0.05) is 36.7 Å². The second kappa shape index (κ2) is 6.54. The minimum absolute atomic E-state index is 0.229. The number of rotatable bonds is 3. The molecule has 122 valence electrons. The number of benzene rings is 2. The van der Waals surface area contributed by atoms with Crippen LogP contribution in [0.25, 0.3) is 22.3 Å². The number of phenolic OH excluding ortho intramolecular Hbond substituents is 1. The molecule has 0 aliphatic carbocycles. The number of aryl methyl sites for hydroxylation is 1. The van der Waals surface area contributed by atoms with Crippen LogP contribution in [0.1, 0.15) is 18.1 Å². The summed E-state index contributed by atoms with van der Waals surface area (Å²) < 4.78 is 0. The number of hydrogen-bond acceptors (Lipinski definition) is 3. The summed E-state index contributed by atoms with van der Waals surface area (Å²) >= 11 is 6.15. The predicted octanol–water partition coefficient (Wildman–Crippen LogP) is 5.23. The number of pyridine rings is 1. The molecule has 3 rings (SSSR count). The first-order valence-electron chi connectivity index (χ1n) is 7.84. The number of halogens is 1. The SMILES string of the molecule is CCc1c(-c2ccc(Cl)c(C)c2)cnc(N)c1-c1ccc(O)cc1. The summed E-state index contributed by atoms with van der Waals surface area (Å²) in [5.74, 6) is 0.722. The lowest BCUT2D eigenvalue weighted by atomic mass is 9.91. The van der Waals surface area contributed by atoms with Crippen LogP contribution in [0.2, 0.25) is 5.02 Å². The smallest absolute Gasteiger partial charge is 0.131 e. The van der Waals surface area contributed by atoms with Gasteiger partial charge in [0.15, 0.2) is 0 Å². The third kappa shape index (κ3) is 2.95. The van der Waals surface area contributed by atoms with Crippen molar-refractivity contribution in [2.45, 2.75) is 20.3 Å². The van der Waals surface area contributed by atoms with Gasteiger partial charge in [-0.3, -0.25) is 0 Å². The maximum absolute atomic E-state index is 9.53. The van der Waals surface area contributed by atoms with Crippen molar-refractivity contribution in [1.82, 2.24) is 4.98 Å². The van der Waals surface area contributed by atoms with Crippen LogP contribution in [0.15, 0.2) is 48.7 Å². The van der Waals surface area contributed by atoms with Crippen molar-refractivity contribution in [3.8, 4) is 28.0 Å². The molecule has 3 N–H and O–H groups in total. The molecule has 3 nitrogen and oxygen atoms in total. The van der Waals surface area contributed by atoms with E-state index in [4.69, 9.17) is 17.3 Å². The molecule has 24 heavy (non-hydrogen) atoms. The zero-order valence-electron chi connectivity index (χ0n) is 13.7. The minimum atomic E-state index is 0.229. The number of anilines is 1. The molecule has 0 saturated heterocycles. The van der Waals surface area contributed by atoms with Crippen LogP contribution >= 0.6 is 11.6 Å². The standard InChI is InChI=1S/C20H19ClN2O/c1-3-16-17(14-6-9-18(21)12(2)10-14)11-23-20(22)19(16)13-4-7-15(24)8-5-13/h4-11,24H,3H2,1-2H3,(H2,22,23). The highest BCUT2D eigenvalue weighted by Gasteiger charge is 2.15. The van der Waals surface area contributed by atoms with Crippen LogP contribution in [0.4, 0.5) is 5.82 Å². The van der Waals surface area contributed by atoms with Gasteiger partial charge in [0.2, 0.25) is 0 Å². The summed E-state index contributed by atoms with van der Waals surface area (Å²) in [6.45, 7) is 4.09. The molecule has 0 radical (unpaired) electrons. The Balaban J connectivity index is 2.23. The Kier molecular flexibility index (Phi) is 4.45. The number of nitrogen functional groups attached to an aromatic ring is 1. The molecule has 0 atom stereocenters. The monoisotopic (exact) mass is 338 g/mol. The fourth-order valence-electron chi connectivity index (χ4n) is 2.94. The number of nitrogens with two attached hydrogens (primary N) is 1. The van der Waals surface area contributed by atoms with Crippen molar-refractivity contribution in [2.24, 2.45) is 0 Å². The Labute approximate surface area is 146 Å². The van der Waals surface area contributed by atoms with Gasteiger partial charge in [0.1, 0.15) is 11.6 Å². The van der Waals surface area contributed by atoms with Crippen LogP contribution in [-0.2, 0) is 6.42 Å². The molecule has 3 aromatic rings. The van der Waals surface area contributed by atoms with Gasteiger partial charge in [0.25, 0.3) is 0 Å². The van der Waals surface area contributed by atoms with Crippen LogP contribution in [0.5, 0.6) is 5.75 Å². The van der Waals surface area contributed by atoms with Crippen molar-refractivity contribution in [3.63, 3.8) is 0 Å². The molecule has 0 spiro atoms. The third-order valence-corrected chi connectivity index (χ3v) is 4.62. The van der Waals surface area contributed by atoms with Gasteiger partial charge in [-0.2, -0.15) is 0 Å². The van der Waals surface area contributed by atoms with Crippen molar-refractivity contribution < 1.29 is 5.11 Å². The Morgan fingerprint density at radius 1 is 1.08 bits per heavy atom. The molecule has 2 aromatic carbocycles. The van der Waals surface area contributed by atoms with E-state index in [1.807, 2.05) is 37.4 Å². The average Bonchev–Trinajstić information content (AvgIpc) is 2.58. The number of nitrogens with zero attached hydrogens (tertiary/aromatic N) is 1. The summed E-state index contributed by atoms with van der Waals surface area (Å²) in [5, 5.41) is 10.3. The maximum Gasteiger partial charge on any atom is 0.131 e. The molecule has 1 heterocycles. The van der Waals surface area contributed by atoms with Crippen LogP contribution in [0.3, 0.4) is 0 Å².